The summed E-state index contributed by atoms with van der Waals surface area (Å²) < 4.78 is 0.780. The number of carbonyl (C=O) groups is 1. The third-order valence-corrected chi connectivity index (χ3v) is 3.39. The minimum absolute atomic E-state index is 0.132. The summed E-state index contributed by atoms with van der Waals surface area (Å²) in [6.07, 6.45) is 1.87. The van der Waals surface area contributed by atoms with Gasteiger partial charge in [0.2, 0.25) is 5.91 Å². The van der Waals surface area contributed by atoms with Gasteiger partial charge in [0, 0.05) is 32.6 Å². The molecule has 1 aromatic heterocycles. The van der Waals surface area contributed by atoms with Crippen LogP contribution in [-0.4, -0.2) is 47.5 Å². The molecule has 0 atom stereocenters. The Morgan fingerprint density at radius 1 is 1.39 bits per heavy atom. The molecule has 0 saturated carbocycles. The summed E-state index contributed by atoms with van der Waals surface area (Å²) in [6.45, 7) is 4.05. The Morgan fingerprint density at radius 3 is 2.83 bits per heavy atom. The van der Waals surface area contributed by atoms with E-state index in [0.29, 0.717) is 6.54 Å². The van der Waals surface area contributed by atoms with Gasteiger partial charge >= 0.3 is 0 Å². The average molecular weight is 313 g/mol. The van der Waals surface area contributed by atoms with Gasteiger partial charge in [0.05, 0.1) is 6.54 Å². The van der Waals surface area contributed by atoms with Crippen LogP contribution in [0.4, 0.5) is 5.82 Å². The number of aryl methyl sites for hydroxylation is 1. The minimum Gasteiger partial charge on any atom is -0.345 e. The van der Waals surface area contributed by atoms with Gasteiger partial charge in [-0.1, -0.05) is 6.92 Å². The standard InChI is InChI=1S/C12H17BrN4O/c1-3-4-10-14-9(13)7-11(15-10)17-6-5-16(2)12(18)8-17/h7H,3-6,8H2,1-2H3. The van der Waals surface area contributed by atoms with Gasteiger partial charge in [-0.15, -0.1) is 0 Å². The number of anilines is 1. The molecule has 1 saturated heterocycles. The van der Waals surface area contributed by atoms with Crippen molar-refractivity contribution >= 4 is 27.7 Å². The highest BCUT2D eigenvalue weighted by molar-refractivity contribution is 9.10. The van der Waals surface area contributed by atoms with Crippen molar-refractivity contribution in [1.82, 2.24) is 14.9 Å². The fraction of sp³-hybridized carbons (Fsp3) is 0.583. The third kappa shape index (κ3) is 2.98. The van der Waals surface area contributed by atoms with E-state index in [0.717, 1.165) is 42.2 Å². The number of nitrogens with zero attached hydrogens (tertiary/aromatic N) is 4. The van der Waals surface area contributed by atoms with E-state index in [1.807, 2.05) is 18.0 Å². The maximum absolute atomic E-state index is 11.7. The van der Waals surface area contributed by atoms with Crippen LogP contribution in [0.3, 0.4) is 0 Å². The van der Waals surface area contributed by atoms with E-state index in [-0.39, 0.29) is 5.91 Å². The van der Waals surface area contributed by atoms with Crippen molar-refractivity contribution in [3.63, 3.8) is 0 Å². The molecule has 1 aliphatic heterocycles. The molecule has 98 valence electrons. The molecule has 0 spiro atoms. The zero-order chi connectivity index (χ0) is 13.1. The van der Waals surface area contributed by atoms with E-state index in [1.54, 1.807) is 4.90 Å². The second kappa shape index (κ2) is 5.65. The first kappa shape index (κ1) is 13.3. The smallest absolute Gasteiger partial charge is 0.241 e. The zero-order valence-corrected chi connectivity index (χ0v) is 12.3. The van der Waals surface area contributed by atoms with Gasteiger partial charge in [-0.2, -0.15) is 0 Å². The van der Waals surface area contributed by atoms with Crippen LogP contribution < -0.4 is 4.90 Å². The predicted molar refractivity (Wildman–Crippen MR) is 73.6 cm³/mol. The lowest BCUT2D eigenvalue weighted by Gasteiger charge is -2.32. The fourth-order valence-electron chi connectivity index (χ4n) is 1.90. The Morgan fingerprint density at radius 2 is 2.17 bits per heavy atom. The van der Waals surface area contributed by atoms with Crippen molar-refractivity contribution in [1.29, 1.82) is 0 Å². The molecular formula is C12H17BrN4O. The van der Waals surface area contributed by atoms with Gasteiger partial charge in [-0.25, -0.2) is 9.97 Å². The molecule has 1 fully saturated rings. The third-order valence-electron chi connectivity index (χ3n) is 2.98. The van der Waals surface area contributed by atoms with Crippen molar-refractivity contribution in [3.05, 3.63) is 16.5 Å². The van der Waals surface area contributed by atoms with Gasteiger partial charge in [0.1, 0.15) is 16.2 Å². The summed E-state index contributed by atoms with van der Waals surface area (Å²) in [5.41, 5.74) is 0. The van der Waals surface area contributed by atoms with Crippen LogP contribution in [0, 0.1) is 0 Å². The normalized spacial score (nSPS) is 16.3. The lowest BCUT2D eigenvalue weighted by atomic mass is 10.3. The first-order valence-electron chi connectivity index (χ1n) is 6.12. The largest absolute Gasteiger partial charge is 0.345 e. The number of carbonyl (C=O) groups excluding carboxylic acids is 1. The molecule has 1 aliphatic rings. The average Bonchev–Trinajstić information content (AvgIpc) is 2.32. The molecule has 0 N–H and O–H groups in total. The summed E-state index contributed by atoms with van der Waals surface area (Å²) in [4.78, 5) is 24.3. The second-order valence-electron chi connectivity index (χ2n) is 4.45. The molecule has 1 amide bonds. The fourth-order valence-corrected chi connectivity index (χ4v) is 2.31. The van der Waals surface area contributed by atoms with Crippen LogP contribution in [0.15, 0.2) is 10.7 Å². The number of piperazine rings is 1. The van der Waals surface area contributed by atoms with E-state index < -0.39 is 0 Å². The number of hydrogen-bond donors (Lipinski definition) is 0. The number of amides is 1. The Balaban J connectivity index is 2.19. The monoisotopic (exact) mass is 312 g/mol. The molecule has 6 heteroatoms. The van der Waals surface area contributed by atoms with Crippen molar-refractivity contribution in [2.45, 2.75) is 19.8 Å². The van der Waals surface area contributed by atoms with E-state index in [4.69, 9.17) is 0 Å². The van der Waals surface area contributed by atoms with Gasteiger partial charge in [0.25, 0.3) is 0 Å². The van der Waals surface area contributed by atoms with Crippen LogP contribution in [0.2, 0.25) is 0 Å². The summed E-state index contributed by atoms with van der Waals surface area (Å²) in [7, 11) is 1.83. The first-order chi connectivity index (χ1) is 8.60. The van der Waals surface area contributed by atoms with Crippen LogP contribution in [0.1, 0.15) is 19.2 Å². The molecule has 2 heterocycles. The SMILES string of the molecule is CCCc1nc(Br)cc(N2CCN(C)C(=O)C2)n1. The quantitative estimate of drug-likeness (QED) is 0.793. The topological polar surface area (TPSA) is 49.3 Å². The molecule has 5 nitrogen and oxygen atoms in total. The van der Waals surface area contributed by atoms with Gasteiger partial charge in [-0.3, -0.25) is 4.79 Å². The maximum Gasteiger partial charge on any atom is 0.241 e. The Labute approximate surface area is 115 Å². The first-order valence-corrected chi connectivity index (χ1v) is 6.92. The van der Waals surface area contributed by atoms with Crippen molar-refractivity contribution in [3.8, 4) is 0 Å². The summed E-state index contributed by atoms with van der Waals surface area (Å²) in [5, 5.41) is 0. The zero-order valence-electron chi connectivity index (χ0n) is 10.7. The van der Waals surface area contributed by atoms with Gasteiger partial charge < -0.3 is 9.80 Å². The molecule has 0 unspecified atom stereocenters. The molecule has 1 aromatic rings. The Hall–Kier alpha value is -1.17. The van der Waals surface area contributed by atoms with Crippen LogP contribution >= 0.6 is 15.9 Å². The highest BCUT2D eigenvalue weighted by Gasteiger charge is 2.22. The van der Waals surface area contributed by atoms with Crippen molar-refractivity contribution < 1.29 is 4.79 Å². The summed E-state index contributed by atoms with van der Waals surface area (Å²) in [5.74, 6) is 1.79. The molecule has 0 radical (unpaired) electrons. The number of aromatic nitrogens is 2. The Bertz CT molecular complexity index is 452. The number of halogens is 1. The van der Waals surface area contributed by atoms with Crippen LogP contribution in [0.5, 0.6) is 0 Å². The summed E-state index contributed by atoms with van der Waals surface area (Å²) in [6, 6.07) is 1.87. The molecule has 2 rings (SSSR count). The van der Waals surface area contributed by atoms with Crippen LogP contribution in [-0.2, 0) is 11.2 Å². The number of hydrogen-bond acceptors (Lipinski definition) is 4. The highest BCUT2D eigenvalue weighted by atomic mass is 79.9. The number of likely N-dealkylation sites (N-methyl/N-ethyl adjacent to an activating group) is 1. The highest BCUT2D eigenvalue weighted by Crippen LogP contribution is 2.18. The molecule has 0 aliphatic carbocycles. The number of rotatable bonds is 3. The van der Waals surface area contributed by atoms with E-state index >= 15 is 0 Å². The maximum atomic E-state index is 11.7. The minimum atomic E-state index is 0.132. The van der Waals surface area contributed by atoms with Gasteiger partial charge in [-0.05, 0) is 22.4 Å². The van der Waals surface area contributed by atoms with Crippen LogP contribution in [0.25, 0.3) is 0 Å². The van der Waals surface area contributed by atoms with E-state index in [1.165, 1.54) is 0 Å². The second-order valence-corrected chi connectivity index (χ2v) is 5.26. The lowest BCUT2D eigenvalue weighted by Crippen LogP contribution is -2.48. The lowest BCUT2D eigenvalue weighted by molar-refractivity contribution is -0.129. The van der Waals surface area contributed by atoms with Gasteiger partial charge in [0.15, 0.2) is 0 Å². The predicted octanol–water partition coefficient (Wildman–Crippen LogP) is 1.47. The molecule has 0 aromatic carbocycles. The van der Waals surface area contributed by atoms with E-state index in [9.17, 15) is 4.79 Å². The summed E-state index contributed by atoms with van der Waals surface area (Å²) >= 11 is 3.40. The van der Waals surface area contributed by atoms with Crippen molar-refractivity contribution in [2.24, 2.45) is 0 Å². The Kier molecular flexibility index (Phi) is 4.16. The van der Waals surface area contributed by atoms with Crippen molar-refractivity contribution in [2.75, 3.05) is 31.6 Å². The molecular weight excluding hydrogens is 296 g/mol. The molecule has 18 heavy (non-hydrogen) atoms. The van der Waals surface area contributed by atoms with E-state index in [2.05, 4.69) is 32.8 Å². The molecule has 0 bridgehead atoms.